The summed E-state index contributed by atoms with van der Waals surface area (Å²) in [6.45, 7) is 11.0. The number of aliphatic hydroxyl groups excluding tert-OH is 1. The van der Waals surface area contributed by atoms with Gasteiger partial charge in [-0.25, -0.2) is 0 Å². The highest BCUT2D eigenvalue weighted by Crippen LogP contribution is 2.42. The molecule has 166 valence electrons. The van der Waals surface area contributed by atoms with Crippen LogP contribution in [0.3, 0.4) is 0 Å². The Balaban J connectivity index is 0.000000240. The Morgan fingerprint density at radius 2 is 1.93 bits per heavy atom. The van der Waals surface area contributed by atoms with Crippen molar-refractivity contribution in [1.82, 2.24) is 0 Å². The maximum atomic E-state index is 10.3. The fraction of sp³-hybridized carbons (Fsp3) is 0.750. The van der Waals surface area contributed by atoms with E-state index in [1.165, 1.54) is 19.3 Å². The van der Waals surface area contributed by atoms with Crippen molar-refractivity contribution in [2.45, 2.75) is 79.2 Å². The van der Waals surface area contributed by atoms with Gasteiger partial charge in [0.2, 0.25) is 0 Å². The maximum absolute atomic E-state index is 10.3. The molecule has 0 radical (unpaired) electrons. The summed E-state index contributed by atoms with van der Waals surface area (Å²) >= 11 is 0. The van der Waals surface area contributed by atoms with Gasteiger partial charge >= 0.3 is 11.9 Å². The van der Waals surface area contributed by atoms with Gasteiger partial charge in [-0.3, -0.25) is 9.59 Å². The molecule has 29 heavy (non-hydrogen) atoms. The molecule has 4 unspecified atom stereocenters. The van der Waals surface area contributed by atoms with Crippen LogP contribution in [0.5, 0.6) is 0 Å². The lowest BCUT2D eigenvalue weighted by Crippen LogP contribution is -2.27. The molecule has 0 bridgehead atoms. The van der Waals surface area contributed by atoms with E-state index in [0.717, 1.165) is 30.1 Å². The van der Waals surface area contributed by atoms with Gasteiger partial charge < -0.3 is 14.9 Å². The van der Waals surface area contributed by atoms with Crippen molar-refractivity contribution in [3.05, 3.63) is 23.8 Å². The first-order chi connectivity index (χ1) is 13.7. The lowest BCUT2D eigenvalue weighted by atomic mass is 9.67. The quantitative estimate of drug-likeness (QED) is 0.643. The Morgan fingerprint density at radius 3 is 2.38 bits per heavy atom. The predicted molar refractivity (Wildman–Crippen MR) is 115 cm³/mol. The molecule has 1 fully saturated rings. The molecule has 0 aromatic carbocycles. The number of aliphatic hydroxyl groups is 1. The summed E-state index contributed by atoms with van der Waals surface area (Å²) in [6.07, 6.45) is 12.5. The van der Waals surface area contributed by atoms with Gasteiger partial charge in [-0.05, 0) is 48.5 Å². The highest BCUT2D eigenvalue weighted by Gasteiger charge is 2.31. The van der Waals surface area contributed by atoms with E-state index in [9.17, 15) is 9.59 Å². The molecule has 2 aliphatic carbocycles. The molecular formula is C24H40O5. The Hall–Kier alpha value is -1.62. The van der Waals surface area contributed by atoms with Gasteiger partial charge in [0, 0.05) is 6.42 Å². The second kappa shape index (κ2) is 12.8. The zero-order chi connectivity index (χ0) is 22.0. The van der Waals surface area contributed by atoms with Crippen LogP contribution in [0.1, 0.15) is 73.1 Å². The van der Waals surface area contributed by atoms with Crippen LogP contribution in [0.15, 0.2) is 23.8 Å². The maximum Gasteiger partial charge on any atom is 0.308 e. The van der Waals surface area contributed by atoms with E-state index in [-0.39, 0.29) is 18.3 Å². The van der Waals surface area contributed by atoms with Crippen LogP contribution in [0, 0.1) is 29.6 Å². The first kappa shape index (κ1) is 25.4. The van der Waals surface area contributed by atoms with Gasteiger partial charge in [-0.1, -0.05) is 59.3 Å². The fourth-order valence-corrected chi connectivity index (χ4v) is 4.05. The van der Waals surface area contributed by atoms with E-state index in [4.69, 9.17) is 10.2 Å². The minimum absolute atomic E-state index is 0.167. The molecule has 1 aliphatic heterocycles. The van der Waals surface area contributed by atoms with Gasteiger partial charge in [-0.2, -0.15) is 0 Å². The summed E-state index contributed by atoms with van der Waals surface area (Å²) in [5.74, 6) is 2.19. The number of hydrogen-bond donors (Lipinski definition) is 2. The topological polar surface area (TPSA) is 83.8 Å². The number of carboxylic acids is 1. The minimum Gasteiger partial charge on any atom is -0.481 e. The Labute approximate surface area is 176 Å². The second-order valence-corrected chi connectivity index (χ2v) is 8.63. The van der Waals surface area contributed by atoms with Gasteiger partial charge in [0.05, 0.1) is 25.0 Å². The van der Waals surface area contributed by atoms with E-state index in [0.29, 0.717) is 13.0 Å². The molecule has 5 heteroatoms. The molecule has 6 atom stereocenters. The molecule has 3 aliphatic rings. The Kier molecular flexibility index (Phi) is 11.3. The number of fused-ring (bicyclic) bond motifs is 1. The number of rotatable bonds is 3. The number of ether oxygens (including phenoxy) is 1. The van der Waals surface area contributed by atoms with E-state index in [1.807, 2.05) is 6.92 Å². The predicted octanol–water partition coefficient (Wildman–Crippen LogP) is 4.99. The third-order valence-corrected chi connectivity index (χ3v) is 6.24. The highest BCUT2D eigenvalue weighted by atomic mass is 16.5. The summed E-state index contributed by atoms with van der Waals surface area (Å²) in [6, 6.07) is 0. The third-order valence-electron chi connectivity index (χ3n) is 6.24. The van der Waals surface area contributed by atoms with Crippen molar-refractivity contribution >= 4 is 11.9 Å². The molecule has 5 nitrogen and oxygen atoms in total. The highest BCUT2D eigenvalue weighted by molar-refractivity contribution is 5.70. The summed E-state index contributed by atoms with van der Waals surface area (Å²) < 4.78 is 4.55. The lowest BCUT2D eigenvalue weighted by Gasteiger charge is -2.38. The van der Waals surface area contributed by atoms with Crippen LogP contribution in [0.25, 0.3) is 0 Å². The standard InChI is InChI=1S/C14H22.C5H8O3.C5H10O2/c1-4-13-11(3)6-7-12-9-10(2)5-8-14(12)13;6-4-1-2-8-5(7)3-4;1-3-4(2)5(6)7/h6-7,9-11,13-14H,4-5,8H2,1-3H3;4,6H,1-3H2;4H,3H2,1-2H3,(H,6,7)/t10-,11?,13+,14?;;/m1../s1. The number of cyclic esters (lactones) is 1. The van der Waals surface area contributed by atoms with Crippen molar-refractivity contribution in [3.63, 3.8) is 0 Å². The zero-order valence-electron chi connectivity index (χ0n) is 18.8. The van der Waals surface area contributed by atoms with Crippen molar-refractivity contribution < 1.29 is 24.5 Å². The summed E-state index contributed by atoms with van der Waals surface area (Å²) in [7, 11) is 0. The lowest BCUT2D eigenvalue weighted by molar-refractivity contribution is -0.151. The summed E-state index contributed by atoms with van der Waals surface area (Å²) in [5.41, 5.74) is 1.63. The van der Waals surface area contributed by atoms with Gasteiger partial charge in [0.15, 0.2) is 0 Å². The normalized spacial score (nSPS) is 31.6. The third kappa shape index (κ3) is 8.73. The number of allylic oxidation sites excluding steroid dienone is 4. The molecule has 0 aromatic heterocycles. The molecule has 2 N–H and O–H groups in total. The molecular weight excluding hydrogens is 368 g/mol. The van der Waals surface area contributed by atoms with Gasteiger partial charge in [-0.15, -0.1) is 0 Å². The van der Waals surface area contributed by atoms with Crippen molar-refractivity contribution in [2.75, 3.05) is 6.61 Å². The fourth-order valence-electron chi connectivity index (χ4n) is 4.05. The SMILES string of the molecule is CCC(C)C(=O)O.CC[C@H]1C(C)C=CC2=C[C@H](C)CCC21.O=C1CC(O)CCO1. The average Bonchev–Trinajstić information content (AvgIpc) is 2.68. The molecule has 0 spiro atoms. The van der Waals surface area contributed by atoms with Crippen LogP contribution in [-0.2, 0) is 14.3 Å². The van der Waals surface area contributed by atoms with E-state index < -0.39 is 12.1 Å². The van der Waals surface area contributed by atoms with E-state index in [1.54, 1.807) is 12.5 Å². The number of carbonyl (C=O) groups is 2. The average molecular weight is 409 g/mol. The summed E-state index contributed by atoms with van der Waals surface area (Å²) in [5, 5.41) is 17.0. The van der Waals surface area contributed by atoms with Crippen LogP contribution >= 0.6 is 0 Å². The smallest absolute Gasteiger partial charge is 0.308 e. The van der Waals surface area contributed by atoms with E-state index >= 15 is 0 Å². The number of carboxylic acid groups (broad SMARTS) is 1. The molecule has 0 aromatic rings. The summed E-state index contributed by atoms with van der Waals surface area (Å²) in [4.78, 5) is 20.2. The largest absolute Gasteiger partial charge is 0.481 e. The van der Waals surface area contributed by atoms with Gasteiger partial charge in [0.1, 0.15) is 0 Å². The molecule has 1 heterocycles. The second-order valence-electron chi connectivity index (χ2n) is 8.63. The Morgan fingerprint density at radius 1 is 1.24 bits per heavy atom. The molecule has 0 saturated carbocycles. The van der Waals surface area contributed by atoms with Crippen LogP contribution in [0.2, 0.25) is 0 Å². The van der Waals surface area contributed by atoms with Crippen molar-refractivity contribution in [3.8, 4) is 0 Å². The number of aliphatic carboxylic acids is 1. The van der Waals surface area contributed by atoms with Crippen molar-refractivity contribution in [2.24, 2.45) is 29.6 Å². The zero-order valence-corrected chi connectivity index (χ0v) is 18.8. The number of hydrogen-bond acceptors (Lipinski definition) is 4. The minimum atomic E-state index is -0.706. The van der Waals surface area contributed by atoms with Gasteiger partial charge in [0.25, 0.3) is 0 Å². The first-order valence-corrected chi connectivity index (χ1v) is 11.2. The van der Waals surface area contributed by atoms with Crippen LogP contribution in [-0.4, -0.2) is 34.9 Å². The molecule has 3 rings (SSSR count). The number of esters is 1. The van der Waals surface area contributed by atoms with Crippen molar-refractivity contribution in [1.29, 1.82) is 0 Å². The van der Waals surface area contributed by atoms with E-state index in [2.05, 4.69) is 43.7 Å². The molecule has 1 saturated heterocycles. The van der Waals surface area contributed by atoms with Crippen LogP contribution in [0.4, 0.5) is 0 Å². The Bertz CT molecular complexity index is 580. The first-order valence-electron chi connectivity index (χ1n) is 11.2. The van der Waals surface area contributed by atoms with Crippen LogP contribution < -0.4 is 0 Å². The monoisotopic (exact) mass is 408 g/mol. The number of carbonyl (C=O) groups excluding carboxylic acids is 1. The molecule has 0 amide bonds.